The first-order valence-electron chi connectivity index (χ1n) is 6.54. The predicted molar refractivity (Wildman–Crippen MR) is 76.3 cm³/mol. The lowest BCUT2D eigenvalue weighted by Crippen LogP contribution is -2.30. The number of nitrogen functional groups attached to an aromatic ring is 1. The van der Waals surface area contributed by atoms with Crippen LogP contribution in [0.1, 0.15) is 19.8 Å². The molecule has 0 amide bonds. The lowest BCUT2D eigenvalue weighted by atomic mass is 10.0. The summed E-state index contributed by atoms with van der Waals surface area (Å²) in [5.41, 5.74) is 6.99. The fourth-order valence-corrected chi connectivity index (χ4v) is 2.81. The summed E-state index contributed by atoms with van der Waals surface area (Å²) in [5, 5.41) is 12.4. The van der Waals surface area contributed by atoms with Crippen LogP contribution in [0, 0.1) is 0 Å². The van der Waals surface area contributed by atoms with E-state index in [4.69, 9.17) is 22.1 Å². The maximum absolute atomic E-state index is 6.22. The van der Waals surface area contributed by atoms with Crippen molar-refractivity contribution in [2.45, 2.75) is 31.9 Å². The van der Waals surface area contributed by atoms with Crippen molar-refractivity contribution in [2.75, 3.05) is 12.3 Å². The van der Waals surface area contributed by atoms with Gasteiger partial charge >= 0.3 is 0 Å². The molecule has 1 atom stereocenters. The third kappa shape index (κ3) is 2.36. The number of hydrogen-bond acceptors (Lipinski definition) is 5. The van der Waals surface area contributed by atoms with Crippen LogP contribution in [0.5, 0.6) is 0 Å². The Kier molecular flexibility index (Phi) is 3.35. The monoisotopic (exact) mass is 293 g/mol. The van der Waals surface area contributed by atoms with Gasteiger partial charge in [-0.15, -0.1) is 5.10 Å². The molecule has 2 N–H and O–H groups in total. The number of benzene rings is 1. The number of ether oxygens (including phenoxy) is 1. The molecule has 0 bridgehead atoms. The van der Waals surface area contributed by atoms with E-state index in [1.54, 1.807) is 22.9 Å². The molecule has 3 rings (SSSR count). The van der Waals surface area contributed by atoms with Crippen LogP contribution >= 0.6 is 11.6 Å². The number of hydrogen-bond donors (Lipinski definition) is 1. The van der Waals surface area contributed by atoms with E-state index in [2.05, 4.69) is 22.4 Å². The lowest BCUT2D eigenvalue weighted by molar-refractivity contribution is 0.00356. The first-order valence-corrected chi connectivity index (χ1v) is 6.91. The van der Waals surface area contributed by atoms with Crippen molar-refractivity contribution < 1.29 is 4.74 Å². The number of aromatic nitrogens is 4. The second-order valence-electron chi connectivity index (χ2n) is 5.27. The van der Waals surface area contributed by atoms with Crippen LogP contribution in [-0.4, -0.2) is 32.4 Å². The molecular formula is C13H16ClN5O. The van der Waals surface area contributed by atoms with Gasteiger partial charge in [-0.2, -0.15) is 0 Å². The molecule has 2 aromatic rings. The third-order valence-electron chi connectivity index (χ3n) is 3.59. The van der Waals surface area contributed by atoms with Gasteiger partial charge < -0.3 is 10.5 Å². The van der Waals surface area contributed by atoms with E-state index in [9.17, 15) is 0 Å². The molecule has 0 radical (unpaired) electrons. The van der Waals surface area contributed by atoms with Gasteiger partial charge in [0, 0.05) is 12.3 Å². The zero-order valence-corrected chi connectivity index (χ0v) is 12.0. The average molecular weight is 294 g/mol. The summed E-state index contributed by atoms with van der Waals surface area (Å²) in [5.74, 6) is 0.574. The summed E-state index contributed by atoms with van der Waals surface area (Å²) < 4.78 is 7.50. The first kappa shape index (κ1) is 13.3. The highest BCUT2D eigenvalue weighted by Gasteiger charge is 2.32. The minimum Gasteiger partial charge on any atom is -0.398 e. The standard InChI is InChI=1S/C13H16ClN5O/c1-13(6-3-7-20-13)8-19-12(16-17-18-19)11-9(14)4-2-5-10(11)15/h2,4-5H,3,6-8,15H2,1H3. The number of nitrogens with zero attached hydrogens (tertiary/aromatic N) is 4. The summed E-state index contributed by atoms with van der Waals surface area (Å²) in [6.07, 6.45) is 2.05. The fraction of sp³-hybridized carbons (Fsp3) is 0.462. The second kappa shape index (κ2) is 5.03. The van der Waals surface area contributed by atoms with Gasteiger partial charge in [-0.25, -0.2) is 4.68 Å². The van der Waals surface area contributed by atoms with Gasteiger partial charge in [0.2, 0.25) is 0 Å². The Morgan fingerprint density at radius 3 is 3.05 bits per heavy atom. The summed E-state index contributed by atoms with van der Waals surface area (Å²) in [4.78, 5) is 0. The van der Waals surface area contributed by atoms with Crippen LogP contribution in [0.4, 0.5) is 5.69 Å². The minimum absolute atomic E-state index is 0.236. The topological polar surface area (TPSA) is 78.9 Å². The van der Waals surface area contributed by atoms with Crippen LogP contribution in [0.25, 0.3) is 11.4 Å². The quantitative estimate of drug-likeness (QED) is 0.877. The molecule has 7 heteroatoms. The van der Waals surface area contributed by atoms with Crippen molar-refractivity contribution in [3.8, 4) is 11.4 Å². The van der Waals surface area contributed by atoms with Gasteiger partial charge in [-0.1, -0.05) is 17.7 Å². The van der Waals surface area contributed by atoms with E-state index in [1.807, 2.05) is 0 Å². The molecule has 1 aliphatic rings. The Morgan fingerprint density at radius 1 is 1.50 bits per heavy atom. The van der Waals surface area contributed by atoms with Crippen molar-refractivity contribution in [3.05, 3.63) is 23.2 Å². The van der Waals surface area contributed by atoms with Crippen molar-refractivity contribution in [1.82, 2.24) is 20.2 Å². The molecule has 1 saturated heterocycles. The van der Waals surface area contributed by atoms with Crippen LogP contribution in [0.2, 0.25) is 5.02 Å². The summed E-state index contributed by atoms with van der Waals surface area (Å²) in [7, 11) is 0. The third-order valence-corrected chi connectivity index (χ3v) is 3.90. The summed E-state index contributed by atoms with van der Waals surface area (Å²) in [6.45, 7) is 3.43. The number of nitrogens with two attached hydrogens (primary N) is 1. The summed E-state index contributed by atoms with van der Waals surface area (Å²) in [6, 6.07) is 5.37. The first-order chi connectivity index (χ1) is 9.59. The Morgan fingerprint density at radius 2 is 2.35 bits per heavy atom. The van der Waals surface area contributed by atoms with Crippen LogP contribution in [0.15, 0.2) is 18.2 Å². The number of halogens is 1. The molecular weight excluding hydrogens is 278 g/mol. The maximum Gasteiger partial charge on any atom is 0.185 e. The lowest BCUT2D eigenvalue weighted by Gasteiger charge is -2.23. The molecule has 1 aliphatic heterocycles. The van der Waals surface area contributed by atoms with Crippen LogP contribution in [-0.2, 0) is 11.3 Å². The molecule has 1 fully saturated rings. The molecule has 0 aliphatic carbocycles. The van der Waals surface area contributed by atoms with Crippen molar-refractivity contribution in [3.63, 3.8) is 0 Å². The molecule has 20 heavy (non-hydrogen) atoms. The van der Waals surface area contributed by atoms with E-state index in [0.717, 1.165) is 19.4 Å². The zero-order chi connectivity index (χ0) is 14.2. The Labute approximate surface area is 121 Å². The predicted octanol–water partition coefficient (Wildman–Crippen LogP) is 2.14. The van der Waals surface area contributed by atoms with Crippen LogP contribution in [0.3, 0.4) is 0 Å². The minimum atomic E-state index is -0.236. The molecule has 106 valence electrons. The van der Waals surface area contributed by atoms with E-state index in [-0.39, 0.29) is 5.60 Å². The van der Waals surface area contributed by atoms with Gasteiger partial charge in [0.1, 0.15) is 0 Å². The van der Waals surface area contributed by atoms with Gasteiger partial charge in [-0.05, 0) is 42.3 Å². The number of anilines is 1. The van der Waals surface area contributed by atoms with E-state index in [0.29, 0.717) is 28.6 Å². The highest BCUT2D eigenvalue weighted by atomic mass is 35.5. The smallest absolute Gasteiger partial charge is 0.185 e. The number of rotatable bonds is 3. The molecule has 0 spiro atoms. The average Bonchev–Trinajstić information content (AvgIpc) is 3.00. The molecule has 6 nitrogen and oxygen atoms in total. The number of tetrazole rings is 1. The second-order valence-corrected chi connectivity index (χ2v) is 5.67. The zero-order valence-electron chi connectivity index (χ0n) is 11.2. The summed E-state index contributed by atoms with van der Waals surface area (Å²) >= 11 is 6.22. The SMILES string of the molecule is CC1(Cn2nnnc2-c2c(N)cccc2Cl)CCCO1. The highest BCUT2D eigenvalue weighted by molar-refractivity contribution is 6.33. The Hall–Kier alpha value is -1.66. The molecule has 1 aromatic carbocycles. The van der Waals surface area contributed by atoms with Gasteiger partial charge in [-0.3, -0.25) is 0 Å². The Bertz CT molecular complexity index is 601. The van der Waals surface area contributed by atoms with E-state index >= 15 is 0 Å². The van der Waals surface area contributed by atoms with E-state index in [1.165, 1.54) is 0 Å². The molecule has 2 heterocycles. The van der Waals surface area contributed by atoms with Gasteiger partial charge in [0.25, 0.3) is 0 Å². The normalized spacial score (nSPS) is 22.3. The Balaban J connectivity index is 1.98. The van der Waals surface area contributed by atoms with Gasteiger partial charge in [0.05, 0.1) is 22.7 Å². The van der Waals surface area contributed by atoms with E-state index < -0.39 is 0 Å². The molecule has 0 saturated carbocycles. The fourth-order valence-electron chi connectivity index (χ4n) is 2.55. The maximum atomic E-state index is 6.22. The molecule has 1 unspecified atom stereocenters. The molecule has 1 aromatic heterocycles. The van der Waals surface area contributed by atoms with Crippen molar-refractivity contribution >= 4 is 17.3 Å². The van der Waals surface area contributed by atoms with Crippen molar-refractivity contribution in [1.29, 1.82) is 0 Å². The highest BCUT2D eigenvalue weighted by Crippen LogP contribution is 2.33. The van der Waals surface area contributed by atoms with Crippen LogP contribution < -0.4 is 5.73 Å². The van der Waals surface area contributed by atoms with Crippen molar-refractivity contribution in [2.24, 2.45) is 0 Å². The largest absolute Gasteiger partial charge is 0.398 e. The van der Waals surface area contributed by atoms with Gasteiger partial charge in [0.15, 0.2) is 5.82 Å².